The van der Waals surface area contributed by atoms with Crippen molar-refractivity contribution in [1.82, 2.24) is 0 Å². The standard InChI is InChI=1S/C42H39N/c1-9-16-33(27-43)31-23-25-32(26-24-31)41-35(11-3)36(12-4)42(40-18-14-13-17-39(40)41)38-20-15-19-37(34(38)10-2)30(8)29(7)22-21-28(5)6/h9-27,43H,1-4,8H2,5-7H3/b29-22+,33-16+,43-27?. The minimum Gasteiger partial charge on any atom is -0.308 e. The molecule has 0 unspecified atom stereocenters. The summed E-state index contributed by atoms with van der Waals surface area (Å²) in [6.07, 6.45) is 14.9. The van der Waals surface area contributed by atoms with Crippen molar-refractivity contribution in [3.05, 3.63) is 163 Å². The van der Waals surface area contributed by atoms with Crippen molar-refractivity contribution in [3.63, 3.8) is 0 Å². The highest BCUT2D eigenvalue weighted by Crippen LogP contribution is 2.45. The average Bonchev–Trinajstić information content (AvgIpc) is 3.04. The molecule has 0 fully saturated rings. The molecule has 0 aliphatic carbocycles. The number of rotatable bonds is 11. The second kappa shape index (κ2) is 13.6. The Hall–Kier alpha value is -5.27. The zero-order valence-electron chi connectivity index (χ0n) is 25.5. The Morgan fingerprint density at radius 3 is 1.81 bits per heavy atom. The van der Waals surface area contributed by atoms with Gasteiger partial charge in [0.05, 0.1) is 0 Å². The molecule has 0 radical (unpaired) electrons. The van der Waals surface area contributed by atoms with Gasteiger partial charge < -0.3 is 5.41 Å². The summed E-state index contributed by atoms with van der Waals surface area (Å²) in [7, 11) is 0. The molecule has 0 spiro atoms. The van der Waals surface area contributed by atoms with E-state index in [1.165, 1.54) is 11.8 Å². The van der Waals surface area contributed by atoms with Crippen molar-refractivity contribution in [2.24, 2.45) is 0 Å². The molecule has 0 amide bonds. The van der Waals surface area contributed by atoms with Gasteiger partial charge in [0.2, 0.25) is 0 Å². The van der Waals surface area contributed by atoms with E-state index < -0.39 is 0 Å². The number of benzene rings is 4. The van der Waals surface area contributed by atoms with Crippen LogP contribution < -0.4 is 0 Å². The van der Waals surface area contributed by atoms with Crippen LogP contribution >= 0.6 is 0 Å². The van der Waals surface area contributed by atoms with Gasteiger partial charge in [-0.25, -0.2) is 0 Å². The Labute approximate surface area is 257 Å². The first-order valence-electron chi connectivity index (χ1n) is 14.4. The summed E-state index contributed by atoms with van der Waals surface area (Å²) in [5.41, 5.74) is 13.5. The third-order valence-corrected chi connectivity index (χ3v) is 7.71. The van der Waals surface area contributed by atoms with Crippen molar-refractivity contribution in [3.8, 4) is 22.3 Å². The van der Waals surface area contributed by atoms with Gasteiger partial charge >= 0.3 is 0 Å². The lowest BCUT2D eigenvalue weighted by Gasteiger charge is -2.22. The summed E-state index contributed by atoms with van der Waals surface area (Å²) in [6.45, 7) is 27.3. The summed E-state index contributed by atoms with van der Waals surface area (Å²) in [5.74, 6) is 0. The third-order valence-electron chi connectivity index (χ3n) is 7.71. The topological polar surface area (TPSA) is 23.9 Å². The fourth-order valence-electron chi connectivity index (χ4n) is 5.56. The van der Waals surface area contributed by atoms with Gasteiger partial charge in [-0.2, -0.15) is 0 Å². The predicted molar refractivity (Wildman–Crippen MR) is 194 cm³/mol. The molecule has 0 heterocycles. The van der Waals surface area contributed by atoms with E-state index in [2.05, 4.69) is 133 Å². The molecule has 43 heavy (non-hydrogen) atoms. The first-order chi connectivity index (χ1) is 20.8. The van der Waals surface area contributed by atoms with E-state index in [1.54, 1.807) is 6.08 Å². The molecule has 4 aromatic carbocycles. The predicted octanol–water partition coefficient (Wildman–Crippen LogP) is 12.2. The number of fused-ring (bicyclic) bond motifs is 1. The molecule has 0 bridgehead atoms. The highest BCUT2D eigenvalue weighted by atomic mass is 14.3. The van der Waals surface area contributed by atoms with Gasteiger partial charge in [-0.15, -0.1) is 0 Å². The average molecular weight is 558 g/mol. The third kappa shape index (κ3) is 6.03. The molecule has 0 saturated heterocycles. The molecule has 0 aliphatic rings. The normalized spacial score (nSPS) is 11.5. The van der Waals surface area contributed by atoms with E-state index in [9.17, 15) is 0 Å². The van der Waals surface area contributed by atoms with Gasteiger partial charge in [0, 0.05) is 6.21 Å². The van der Waals surface area contributed by atoms with Gasteiger partial charge in [-0.1, -0.05) is 148 Å². The minimum absolute atomic E-state index is 0.807. The molecular weight excluding hydrogens is 518 g/mol. The molecule has 0 aliphatic heterocycles. The largest absolute Gasteiger partial charge is 0.308 e. The van der Waals surface area contributed by atoms with Crippen molar-refractivity contribution >= 4 is 46.4 Å². The Kier molecular flexibility index (Phi) is 9.70. The van der Waals surface area contributed by atoms with E-state index in [0.717, 1.165) is 77.6 Å². The van der Waals surface area contributed by atoms with Crippen LogP contribution in [0.5, 0.6) is 0 Å². The van der Waals surface area contributed by atoms with Gasteiger partial charge in [0.15, 0.2) is 0 Å². The van der Waals surface area contributed by atoms with Crippen LogP contribution in [0.4, 0.5) is 0 Å². The molecule has 0 saturated carbocycles. The minimum atomic E-state index is 0.807. The zero-order valence-corrected chi connectivity index (χ0v) is 25.5. The quantitative estimate of drug-likeness (QED) is 0.140. The van der Waals surface area contributed by atoms with Gasteiger partial charge in [-0.3, -0.25) is 0 Å². The van der Waals surface area contributed by atoms with Crippen molar-refractivity contribution in [1.29, 1.82) is 5.41 Å². The fourth-order valence-corrected chi connectivity index (χ4v) is 5.56. The highest BCUT2D eigenvalue weighted by Gasteiger charge is 2.21. The van der Waals surface area contributed by atoms with Crippen molar-refractivity contribution < 1.29 is 0 Å². The molecule has 1 N–H and O–H groups in total. The maximum atomic E-state index is 7.80. The molecular formula is C42H39N. The van der Waals surface area contributed by atoms with E-state index in [0.29, 0.717) is 0 Å². The first kappa shape index (κ1) is 30.7. The Balaban J connectivity index is 2.04. The highest BCUT2D eigenvalue weighted by molar-refractivity contribution is 6.13. The zero-order chi connectivity index (χ0) is 31.1. The van der Waals surface area contributed by atoms with Crippen LogP contribution in [-0.2, 0) is 0 Å². The number of allylic oxidation sites excluding steroid dienone is 8. The number of nitrogens with one attached hydrogen (secondary N) is 1. The molecule has 212 valence electrons. The molecule has 1 heteroatoms. The van der Waals surface area contributed by atoms with E-state index in [1.807, 2.05) is 24.3 Å². The Bertz CT molecular complexity index is 1860. The van der Waals surface area contributed by atoms with Gasteiger partial charge in [0.25, 0.3) is 0 Å². The van der Waals surface area contributed by atoms with Crippen LogP contribution in [0.1, 0.15) is 48.6 Å². The van der Waals surface area contributed by atoms with Crippen LogP contribution in [-0.4, -0.2) is 6.21 Å². The maximum absolute atomic E-state index is 7.80. The molecule has 4 rings (SSSR count). The van der Waals surface area contributed by atoms with Gasteiger partial charge in [0.1, 0.15) is 0 Å². The molecule has 4 aromatic rings. The Morgan fingerprint density at radius 2 is 1.26 bits per heavy atom. The SMILES string of the molecule is C=C/C=C(\C=N)c1ccc(-c2c(C=C)c(C=C)c(-c3cccc(C(=C)/C(C)=C/C=C(C)C)c3C=C)c3ccccc23)cc1. The number of hydrogen-bond donors (Lipinski definition) is 1. The first-order valence-corrected chi connectivity index (χ1v) is 14.4. The van der Waals surface area contributed by atoms with Gasteiger partial charge in [-0.05, 0) is 98.3 Å². The lowest BCUT2D eigenvalue weighted by molar-refractivity contribution is 1.38. The Morgan fingerprint density at radius 1 is 0.651 bits per heavy atom. The van der Waals surface area contributed by atoms with E-state index in [-0.39, 0.29) is 0 Å². The summed E-state index contributed by atoms with van der Waals surface area (Å²) < 4.78 is 0. The molecule has 0 aromatic heterocycles. The van der Waals surface area contributed by atoms with Crippen LogP contribution in [0.25, 0.3) is 62.4 Å². The van der Waals surface area contributed by atoms with E-state index >= 15 is 0 Å². The summed E-state index contributed by atoms with van der Waals surface area (Å²) in [6, 6.07) is 23.2. The summed E-state index contributed by atoms with van der Waals surface area (Å²) in [5, 5.41) is 10.0. The van der Waals surface area contributed by atoms with Crippen molar-refractivity contribution in [2.75, 3.05) is 0 Å². The fraction of sp³-hybridized carbons (Fsp3) is 0.0714. The number of hydrogen-bond acceptors (Lipinski definition) is 1. The monoisotopic (exact) mass is 557 g/mol. The smallest absolute Gasteiger partial charge is 0.0256 e. The molecule has 1 nitrogen and oxygen atoms in total. The second-order valence-electron chi connectivity index (χ2n) is 10.7. The summed E-state index contributed by atoms with van der Waals surface area (Å²) in [4.78, 5) is 0. The van der Waals surface area contributed by atoms with Crippen LogP contribution in [0, 0.1) is 5.41 Å². The second-order valence-corrected chi connectivity index (χ2v) is 10.7. The maximum Gasteiger partial charge on any atom is 0.0256 e. The lowest BCUT2D eigenvalue weighted by atomic mass is 9.81. The lowest BCUT2D eigenvalue weighted by Crippen LogP contribution is -1.99. The molecule has 0 atom stereocenters. The summed E-state index contributed by atoms with van der Waals surface area (Å²) >= 11 is 0. The van der Waals surface area contributed by atoms with Crippen molar-refractivity contribution in [2.45, 2.75) is 20.8 Å². The van der Waals surface area contributed by atoms with Crippen LogP contribution in [0.15, 0.2) is 135 Å². The van der Waals surface area contributed by atoms with Crippen LogP contribution in [0.3, 0.4) is 0 Å². The van der Waals surface area contributed by atoms with E-state index in [4.69, 9.17) is 5.41 Å². The van der Waals surface area contributed by atoms with Crippen LogP contribution in [0.2, 0.25) is 0 Å².